The lowest BCUT2D eigenvalue weighted by molar-refractivity contribution is -0.705. The summed E-state index contributed by atoms with van der Waals surface area (Å²) in [5, 5.41) is 0. The minimum atomic E-state index is 1.12. The Morgan fingerprint density at radius 2 is 0.895 bits per heavy atom. The number of fused-ring (bicyclic) bond motifs is 2. The molecule has 2 heterocycles. The van der Waals surface area contributed by atoms with Crippen LogP contribution in [0.25, 0.3) is 11.1 Å². The third-order valence-electron chi connectivity index (χ3n) is 8.75. The van der Waals surface area contributed by atoms with Crippen LogP contribution in [0.1, 0.15) is 72.2 Å². The second kappa shape index (κ2) is 12.1. The van der Waals surface area contributed by atoms with Crippen molar-refractivity contribution in [1.29, 1.82) is 0 Å². The maximum Gasteiger partial charge on any atom is 0.184 e. The van der Waals surface area contributed by atoms with Gasteiger partial charge in [0, 0.05) is 48.9 Å². The van der Waals surface area contributed by atoms with Crippen LogP contribution in [0.2, 0.25) is 0 Å². The number of hydrogen-bond donors (Lipinski definition) is 0. The van der Waals surface area contributed by atoms with Gasteiger partial charge < -0.3 is 0 Å². The highest BCUT2D eigenvalue weighted by atomic mass is 15.0. The number of benzene rings is 2. The van der Waals surface area contributed by atoms with E-state index in [1.807, 2.05) is 0 Å². The molecule has 2 heteroatoms. The number of aromatic nitrogens is 2. The fourth-order valence-electron chi connectivity index (χ4n) is 6.60. The molecule has 0 N–H and O–H groups in total. The Hall–Kier alpha value is -3.26. The fourth-order valence-corrected chi connectivity index (χ4v) is 6.60. The van der Waals surface area contributed by atoms with E-state index < -0.39 is 0 Å². The van der Waals surface area contributed by atoms with Gasteiger partial charge in [0.15, 0.2) is 23.8 Å². The Morgan fingerprint density at radius 3 is 1.34 bits per heavy atom. The normalized spacial score (nSPS) is 14.6. The van der Waals surface area contributed by atoms with Crippen LogP contribution >= 0.6 is 0 Å². The van der Waals surface area contributed by atoms with E-state index >= 15 is 0 Å². The molecule has 0 atom stereocenters. The standard InChI is InChI=1S/C36H42N2/c1-3-15-35-33(11-1)13-7-27-37(35)25-5-9-29-17-21-31(22-18-29)32-23-19-30(20-24-32)10-6-26-38-28-8-14-34-12-2-4-16-36(34)38/h7-8,13-14,17-24,27-28H,1-6,9-12,15-16,25-26H2/q+2. The van der Waals surface area contributed by atoms with Gasteiger partial charge in [-0.15, -0.1) is 0 Å². The summed E-state index contributed by atoms with van der Waals surface area (Å²) in [5.41, 5.74) is 11.8. The van der Waals surface area contributed by atoms with Gasteiger partial charge in [0.05, 0.1) is 0 Å². The van der Waals surface area contributed by atoms with Gasteiger partial charge in [-0.05, 0) is 85.8 Å². The molecule has 2 aromatic carbocycles. The van der Waals surface area contributed by atoms with Gasteiger partial charge in [0.1, 0.15) is 13.1 Å². The van der Waals surface area contributed by atoms with Crippen molar-refractivity contribution < 1.29 is 9.13 Å². The van der Waals surface area contributed by atoms with Crippen LogP contribution < -0.4 is 9.13 Å². The minimum Gasteiger partial charge on any atom is -0.202 e. The van der Waals surface area contributed by atoms with Crippen LogP contribution in [0.15, 0.2) is 85.2 Å². The summed E-state index contributed by atoms with van der Waals surface area (Å²) in [5.74, 6) is 0. The number of nitrogens with zero attached hydrogens (tertiary/aromatic N) is 2. The van der Waals surface area contributed by atoms with Crippen molar-refractivity contribution in [3.63, 3.8) is 0 Å². The largest absolute Gasteiger partial charge is 0.202 e. The van der Waals surface area contributed by atoms with Crippen molar-refractivity contribution >= 4 is 0 Å². The van der Waals surface area contributed by atoms with Crippen LogP contribution in [0.5, 0.6) is 0 Å². The monoisotopic (exact) mass is 502 g/mol. The summed E-state index contributed by atoms with van der Waals surface area (Å²) in [4.78, 5) is 0. The maximum absolute atomic E-state index is 2.51. The van der Waals surface area contributed by atoms with Crippen LogP contribution in [0.4, 0.5) is 0 Å². The minimum absolute atomic E-state index is 1.12. The molecule has 0 unspecified atom stereocenters. The molecule has 0 amide bonds. The van der Waals surface area contributed by atoms with Crippen molar-refractivity contribution in [2.45, 2.75) is 90.1 Å². The summed E-state index contributed by atoms with van der Waals surface area (Å²) in [7, 11) is 0. The lowest BCUT2D eigenvalue weighted by atomic mass is 9.95. The highest BCUT2D eigenvalue weighted by molar-refractivity contribution is 5.64. The number of pyridine rings is 2. The molecule has 2 aromatic heterocycles. The molecular formula is C36H42N2+2. The highest BCUT2D eigenvalue weighted by Crippen LogP contribution is 2.22. The summed E-state index contributed by atoms with van der Waals surface area (Å²) in [6.07, 6.45) is 19.6. The lowest BCUT2D eigenvalue weighted by Gasteiger charge is -2.14. The molecule has 4 aromatic rings. The molecule has 0 spiro atoms. The molecule has 0 radical (unpaired) electrons. The van der Waals surface area contributed by atoms with Crippen molar-refractivity contribution in [2.24, 2.45) is 0 Å². The van der Waals surface area contributed by atoms with E-state index in [-0.39, 0.29) is 0 Å². The lowest BCUT2D eigenvalue weighted by Crippen LogP contribution is -2.40. The molecule has 194 valence electrons. The van der Waals surface area contributed by atoms with E-state index in [2.05, 4.69) is 94.3 Å². The van der Waals surface area contributed by atoms with Crippen molar-refractivity contribution in [3.05, 3.63) is 119 Å². The van der Waals surface area contributed by atoms with E-state index in [4.69, 9.17) is 0 Å². The van der Waals surface area contributed by atoms with E-state index in [1.54, 1.807) is 22.5 Å². The number of rotatable bonds is 9. The topological polar surface area (TPSA) is 7.76 Å². The van der Waals surface area contributed by atoms with Crippen molar-refractivity contribution in [3.8, 4) is 11.1 Å². The summed E-state index contributed by atoms with van der Waals surface area (Å²) in [6.45, 7) is 2.25. The van der Waals surface area contributed by atoms with E-state index in [1.165, 1.54) is 86.5 Å². The van der Waals surface area contributed by atoms with Gasteiger partial charge in [-0.3, -0.25) is 0 Å². The van der Waals surface area contributed by atoms with Gasteiger partial charge in [-0.2, -0.15) is 0 Å². The number of hydrogen-bond acceptors (Lipinski definition) is 0. The predicted molar refractivity (Wildman–Crippen MR) is 155 cm³/mol. The smallest absolute Gasteiger partial charge is 0.184 e. The Balaban J connectivity index is 0.997. The van der Waals surface area contributed by atoms with Crippen molar-refractivity contribution in [2.75, 3.05) is 0 Å². The first kappa shape index (κ1) is 25.0. The van der Waals surface area contributed by atoms with E-state index in [0.29, 0.717) is 0 Å². The molecule has 0 bridgehead atoms. The zero-order valence-corrected chi connectivity index (χ0v) is 22.9. The molecule has 2 aliphatic carbocycles. The zero-order valence-electron chi connectivity index (χ0n) is 22.9. The van der Waals surface area contributed by atoms with Gasteiger partial charge in [-0.1, -0.05) is 48.5 Å². The molecule has 0 saturated carbocycles. The summed E-state index contributed by atoms with van der Waals surface area (Å²) < 4.78 is 5.02. The van der Waals surface area contributed by atoms with Crippen molar-refractivity contribution in [1.82, 2.24) is 0 Å². The van der Waals surface area contributed by atoms with Gasteiger partial charge >= 0.3 is 0 Å². The Kier molecular flexibility index (Phi) is 7.95. The molecule has 2 nitrogen and oxygen atoms in total. The average Bonchev–Trinajstić information content (AvgIpc) is 2.98. The zero-order chi connectivity index (χ0) is 25.6. The van der Waals surface area contributed by atoms with Crippen LogP contribution in [0.3, 0.4) is 0 Å². The molecule has 0 fully saturated rings. The summed E-state index contributed by atoms with van der Waals surface area (Å²) >= 11 is 0. The first-order valence-electron chi connectivity index (χ1n) is 15.0. The third-order valence-corrected chi connectivity index (χ3v) is 8.75. The Morgan fingerprint density at radius 1 is 0.474 bits per heavy atom. The second-order valence-electron chi connectivity index (χ2n) is 11.4. The quantitative estimate of drug-likeness (QED) is 0.219. The molecule has 0 aliphatic heterocycles. The molecule has 0 saturated heterocycles. The Labute approximate surface area is 229 Å². The first-order valence-corrected chi connectivity index (χ1v) is 15.0. The summed E-state index contributed by atoms with van der Waals surface area (Å²) in [6, 6.07) is 27.6. The predicted octanol–water partition coefficient (Wildman–Crippen LogP) is 6.95. The van der Waals surface area contributed by atoms with Gasteiger partial charge in [0.25, 0.3) is 0 Å². The van der Waals surface area contributed by atoms with Gasteiger partial charge in [0.2, 0.25) is 0 Å². The molecular weight excluding hydrogens is 460 g/mol. The molecule has 38 heavy (non-hydrogen) atoms. The maximum atomic E-state index is 2.51. The Bertz CT molecular complexity index is 1240. The van der Waals surface area contributed by atoms with E-state index in [9.17, 15) is 0 Å². The molecule has 6 rings (SSSR count). The third kappa shape index (κ3) is 5.90. The van der Waals surface area contributed by atoms with Crippen LogP contribution in [0, 0.1) is 0 Å². The molecule has 2 aliphatic rings. The first-order chi connectivity index (χ1) is 18.8. The number of aryl methyl sites for hydroxylation is 6. The van der Waals surface area contributed by atoms with Crippen LogP contribution in [-0.4, -0.2) is 0 Å². The fraction of sp³-hybridized carbons (Fsp3) is 0.389. The SMILES string of the molecule is c1cc2c([n+](CCCc3ccc(-c4ccc(CCC[n+]5cccc6c5CCCC6)cc4)cc3)c1)CCCC2. The van der Waals surface area contributed by atoms with Gasteiger partial charge in [-0.25, -0.2) is 9.13 Å². The highest BCUT2D eigenvalue weighted by Gasteiger charge is 2.20. The second-order valence-corrected chi connectivity index (χ2v) is 11.4. The van der Waals surface area contributed by atoms with E-state index in [0.717, 1.165) is 25.9 Å². The van der Waals surface area contributed by atoms with Crippen LogP contribution in [-0.2, 0) is 51.6 Å². The average molecular weight is 503 g/mol.